The van der Waals surface area contributed by atoms with Gasteiger partial charge in [0.05, 0.1) is 11.8 Å². The molecular formula is C22H23F3N2O3S. The number of piperidine rings is 1. The molecule has 0 spiro atoms. The monoisotopic (exact) mass is 452 g/mol. The van der Waals surface area contributed by atoms with E-state index in [9.17, 15) is 26.4 Å². The van der Waals surface area contributed by atoms with Crippen molar-refractivity contribution in [2.24, 2.45) is 5.92 Å². The number of amides is 1. The van der Waals surface area contributed by atoms with Crippen molar-refractivity contribution in [2.75, 3.05) is 19.3 Å². The Morgan fingerprint density at radius 1 is 1.03 bits per heavy atom. The Labute approximate surface area is 179 Å². The molecule has 1 amide bonds. The fourth-order valence-corrected chi connectivity index (χ4v) is 5.27. The molecule has 1 heterocycles. The van der Waals surface area contributed by atoms with Gasteiger partial charge in [0.2, 0.25) is 15.9 Å². The first-order valence-electron chi connectivity index (χ1n) is 10.1. The van der Waals surface area contributed by atoms with E-state index in [1.807, 2.05) is 0 Å². The SMILES string of the molecule is CS(=O)(=O)N[C@H]1CCCN(C(=O)[C@@H]2C[C@H]2c2cccc(F)c2-c2c(F)cccc2F)C1. The van der Waals surface area contributed by atoms with Crippen LogP contribution in [0.4, 0.5) is 13.2 Å². The third-order valence-corrected chi connectivity index (χ3v) is 6.64. The number of benzene rings is 2. The van der Waals surface area contributed by atoms with E-state index in [0.29, 0.717) is 31.4 Å². The first-order valence-corrected chi connectivity index (χ1v) is 12.0. The Balaban J connectivity index is 1.56. The third kappa shape index (κ3) is 4.62. The fourth-order valence-electron chi connectivity index (χ4n) is 4.47. The van der Waals surface area contributed by atoms with Gasteiger partial charge in [0.1, 0.15) is 17.5 Å². The maximum atomic E-state index is 14.7. The lowest BCUT2D eigenvalue weighted by molar-refractivity contribution is -0.133. The first-order chi connectivity index (χ1) is 14.7. The molecule has 1 aliphatic carbocycles. The number of sulfonamides is 1. The number of rotatable bonds is 5. The van der Waals surface area contributed by atoms with Crippen molar-refractivity contribution in [1.29, 1.82) is 0 Å². The largest absolute Gasteiger partial charge is 0.341 e. The Morgan fingerprint density at radius 2 is 1.65 bits per heavy atom. The molecule has 0 aromatic heterocycles. The lowest BCUT2D eigenvalue weighted by Crippen LogP contribution is -2.49. The Bertz CT molecular complexity index is 1100. The topological polar surface area (TPSA) is 66.5 Å². The average molecular weight is 452 g/mol. The molecule has 1 aliphatic heterocycles. The van der Waals surface area contributed by atoms with Gasteiger partial charge in [-0.2, -0.15) is 0 Å². The van der Waals surface area contributed by atoms with Crippen LogP contribution in [0.3, 0.4) is 0 Å². The summed E-state index contributed by atoms with van der Waals surface area (Å²) in [6, 6.07) is 7.25. The van der Waals surface area contributed by atoms with Crippen LogP contribution in [0.1, 0.15) is 30.7 Å². The molecule has 9 heteroatoms. The predicted molar refractivity (Wildman–Crippen MR) is 110 cm³/mol. The molecule has 5 nitrogen and oxygen atoms in total. The molecule has 0 bridgehead atoms. The van der Waals surface area contributed by atoms with Crippen LogP contribution in [0.5, 0.6) is 0 Å². The van der Waals surface area contributed by atoms with E-state index in [0.717, 1.165) is 24.5 Å². The van der Waals surface area contributed by atoms with Gasteiger partial charge in [-0.25, -0.2) is 26.3 Å². The van der Waals surface area contributed by atoms with Crippen LogP contribution >= 0.6 is 0 Å². The van der Waals surface area contributed by atoms with Crippen molar-refractivity contribution in [3.63, 3.8) is 0 Å². The first kappa shape index (κ1) is 21.8. The molecular weight excluding hydrogens is 429 g/mol. The molecule has 4 rings (SSSR count). The number of halogens is 3. The lowest BCUT2D eigenvalue weighted by atomic mass is 9.94. The Morgan fingerprint density at radius 3 is 2.29 bits per heavy atom. The van der Waals surface area contributed by atoms with E-state index in [1.54, 1.807) is 11.0 Å². The number of nitrogens with one attached hydrogen (secondary N) is 1. The number of hydrogen-bond donors (Lipinski definition) is 1. The van der Waals surface area contributed by atoms with E-state index in [4.69, 9.17) is 0 Å². The van der Waals surface area contributed by atoms with Crippen LogP contribution in [0.2, 0.25) is 0 Å². The number of hydrogen-bond acceptors (Lipinski definition) is 3. The molecule has 3 atom stereocenters. The Hall–Kier alpha value is -2.39. The summed E-state index contributed by atoms with van der Waals surface area (Å²) in [5.41, 5.74) is -0.164. The van der Waals surface area contributed by atoms with Crippen LogP contribution in [0, 0.1) is 23.4 Å². The summed E-state index contributed by atoms with van der Waals surface area (Å²) in [6.45, 7) is 0.787. The predicted octanol–water partition coefficient (Wildman–Crippen LogP) is 3.41. The second-order valence-electron chi connectivity index (χ2n) is 8.26. The average Bonchev–Trinajstić information content (AvgIpc) is 3.48. The zero-order chi connectivity index (χ0) is 22.3. The maximum absolute atomic E-state index is 14.7. The minimum atomic E-state index is -3.38. The van der Waals surface area contributed by atoms with Gasteiger partial charge in [-0.3, -0.25) is 4.79 Å². The molecule has 1 saturated heterocycles. The number of likely N-dealkylation sites (tertiary alicyclic amines) is 1. The second kappa shape index (κ2) is 8.27. The lowest BCUT2D eigenvalue weighted by Gasteiger charge is -2.33. The van der Waals surface area contributed by atoms with E-state index in [2.05, 4.69) is 4.72 Å². The highest BCUT2D eigenvalue weighted by atomic mass is 32.2. The number of carbonyl (C=O) groups is 1. The molecule has 2 aromatic rings. The maximum Gasteiger partial charge on any atom is 0.226 e. The van der Waals surface area contributed by atoms with E-state index in [-0.39, 0.29) is 30.0 Å². The highest BCUT2D eigenvalue weighted by molar-refractivity contribution is 7.88. The van der Waals surface area contributed by atoms with E-state index < -0.39 is 39.0 Å². The van der Waals surface area contributed by atoms with Gasteiger partial charge in [-0.1, -0.05) is 18.2 Å². The zero-order valence-electron chi connectivity index (χ0n) is 16.9. The Kier molecular flexibility index (Phi) is 5.83. The molecule has 0 radical (unpaired) electrons. The van der Waals surface area contributed by atoms with Crippen molar-refractivity contribution in [2.45, 2.75) is 31.2 Å². The molecule has 166 valence electrons. The molecule has 0 unspecified atom stereocenters. The summed E-state index contributed by atoms with van der Waals surface area (Å²) in [7, 11) is -3.38. The fraction of sp³-hybridized carbons (Fsp3) is 0.409. The molecule has 1 N–H and O–H groups in total. The van der Waals surface area contributed by atoms with Gasteiger partial charge < -0.3 is 4.90 Å². The van der Waals surface area contributed by atoms with Crippen LogP contribution in [0.15, 0.2) is 36.4 Å². The number of carbonyl (C=O) groups excluding carboxylic acids is 1. The van der Waals surface area contributed by atoms with Gasteiger partial charge in [-0.15, -0.1) is 0 Å². The van der Waals surface area contributed by atoms with E-state index >= 15 is 0 Å². The summed E-state index contributed by atoms with van der Waals surface area (Å²) in [5.74, 6) is -3.38. The van der Waals surface area contributed by atoms with Crippen molar-refractivity contribution in [3.05, 3.63) is 59.4 Å². The normalized spacial score (nSPS) is 23.6. The van der Waals surface area contributed by atoms with Crippen molar-refractivity contribution >= 4 is 15.9 Å². The third-order valence-electron chi connectivity index (χ3n) is 5.88. The number of nitrogens with zero attached hydrogens (tertiary/aromatic N) is 1. The summed E-state index contributed by atoms with van der Waals surface area (Å²) in [6.07, 6.45) is 2.84. The minimum absolute atomic E-state index is 0.144. The van der Waals surface area contributed by atoms with E-state index in [1.165, 1.54) is 12.1 Å². The standard InChI is InChI=1S/C22H23F3N2O3S/c1-31(29,30)26-13-5-4-10-27(12-13)22(28)16-11-15(16)14-6-2-7-17(23)20(14)21-18(24)8-3-9-19(21)25/h2-3,6-9,13,15-16,26H,4-5,10-12H2,1H3/t13-,15-,16+/m0/s1. The molecule has 2 fully saturated rings. The minimum Gasteiger partial charge on any atom is -0.341 e. The molecule has 2 aliphatic rings. The highest BCUT2D eigenvalue weighted by Crippen LogP contribution is 2.52. The quantitative estimate of drug-likeness (QED) is 0.756. The van der Waals surface area contributed by atoms with Crippen LogP contribution < -0.4 is 4.72 Å². The van der Waals surface area contributed by atoms with Crippen molar-refractivity contribution < 1.29 is 26.4 Å². The van der Waals surface area contributed by atoms with Gasteiger partial charge in [-0.05, 0) is 48.9 Å². The van der Waals surface area contributed by atoms with Gasteiger partial charge in [0.25, 0.3) is 0 Å². The van der Waals surface area contributed by atoms with Crippen molar-refractivity contribution in [3.8, 4) is 11.1 Å². The molecule has 2 aromatic carbocycles. The molecule has 31 heavy (non-hydrogen) atoms. The second-order valence-corrected chi connectivity index (χ2v) is 10.0. The zero-order valence-corrected chi connectivity index (χ0v) is 17.8. The highest BCUT2D eigenvalue weighted by Gasteiger charge is 2.48. The van der Waals surface area contributed by atoms with Crippen LogP contribution in [-0.4, -0.2) is 44.6 Å². The van der Waals surface area contributed by atoms with Crippen LogP contribution in [-0.2, 0) is 14.8 Å². The van der Waals surface area contributed by atoms with Crippen molar-refractivity contribution in [1.82, 2.24) is 9.62 Å². The summed E-state index contributed by atoms with van der Waals surface area (Å²) >= 11 is 0. The smallest absolute Gasteiger partial charge is 0.226 e. The summed E-state index contributed by atoms with van der Waals surface area (Å²) in [5, 5.41) is 0. The van der Waals surface area contributed by atoms with Gasteiger partial charge in [0, 0.05) is 30.6 Å². The molecule has 1 saturated carbocycles. The summed E-state index contributed by atoms with van der Waals surface area (Å²) in [4.78, 5) is 14.7. The van der Waals surface area contributed by atoms with Crippen LogP contribution in [0.25, 0.3) is 11.1 Å². The summed E-state index contributed by atoms with van der Waals surface area (Å²) < 4.78 is 69.0. The van der Waals surface area contributed by atoms with Gasteiger partial charge in [0.15, 0.2) is 0 Å². The van der Waals surface area contributed by atoms with Gasteiger partial charge >= 0.3 is 0 Å².